The number of carboxylic acids is 1. The van der Waals surface area contributed by atoms with Gasteiger partial charge in [0, 0.05) is 19.5 Å². The summed E-state index contributed by atoms with van der Waals surface area (Å²) in [5, 5.41) is 9.18. The van der Waals surface area contributed by atoms with Gasteiger partial charge in [0.2, 0.25) is 5.91 Å². The summed E-state index contributed by atoms with van der Waals surface area (Å²) in [6.07, 6.45) is 1.54. The van der Waals surface area contributed by atoms with Crippen molar-refractivity contribution in [3.8, 4) is 5.75 Å². The maximum Gasteiger partial charge on any atom is 0.311 e. The highest BCUT2D eigenvalue weighted by molar-refractivity contribution is 5.80. The number of carboxylic acid groups (broad SMARTS) is 1. The Hall–Kier alpha value is -2.04. The van der Waals surface area contributed by atoms with Crippen LogP contribution < -0.4 is 4.74 Å². The lowest BCUT2D eigenvalue weighted by molar-refractivity contribution is -0.147. The highest BCUT2D eigenvalue weighted by atomic mass is 16.5. The second kappa shape index (κ2) is 6.81. The highest BCUT2D eigenvalue weighted by Gasteiger charge is 2.41. The number of ether oxygens (including phenoxy) is 1. The number of carbonyl (C=O) groups excluding carboxylic acids is 1. The largest absolute Gasteiger partial charge is 0.494 e. The Morgan fingerprint density at radius 1 is 1.41 bits per heavy atom. The Bertz CT molecular complexity index is 557. The SMILES string of the molecule is Cc1cccc(OCCCC(=O)N2CCC(C)(C(=O)O)C2)c1. The van der Waals surface area contributed by atoms with Crippen molar-refractivity contribution in [2.45, 2.75) is 33.1 Å². The number of aryl methyl sites for hydroxylation is 1. The van der Waals surface area contributed by atoms with Gasteiger partial charge in [0.25, 0.3) is 0 Å². The van der Waals surface area contributed by atoms with E-state index in [4.69, 9.17) is 4.74 Å². The van der Waals surface area contributed by atoms with E-state index in [-0.39, 0.29) is 5.91 Å². The molecule has 1 fully saturated rings. The lowest BCUT2D eigenvalue weighted by Gasteiger charge is -2.20. The van der Waals surface area contributed by atoms with Crippen molar-refractivity contribution in [2.24, 2.45) is 5.41 Å². The molecule has 0 radical (unpaired) electrons. The summed E-state index contributed by atoms with van der Waals surface area (Å²) in [5.74, 6) is -0.00419. The van der Waals surface area contributed by atoms with E-state index >= 15 is 0 Å². The average molecular weight is 305 g/mol. The summed E-state index contributed by atoms with van der Waals surface area (Å²) >= 11 is 0. The summed E-state index contributed by atoms with van der Waals surface area (Å²) in [6, 6.07) is 7.80. The minimum absolute atomic E-state index is 0.0119. The summed E-state index contributed by atoms with van der Waals surface area (Å²) < 4.78 is 5.61. The fourth-order valence-corrected chi connectivity index (χ4v) is 2.63. The third-order valence-corrected chi connectivity index (χ3v) is 4.14. The molecule has 1 atom stereocenters. The zero-order chi connectivity index (χ0) is 16.2. The van der Waals surface area contributed by atoms with Crippen LogP contribution in [0, 0.1) is 12.3 Å². The van der Waals surface area contributed by atoms with Crippen LogP contribution in [0.1, 0.15) is 31.7 Å². The number of nitrogens with zero attached hydrogens (tertiary/aromatic N) is 1. The Morgan fingerprint density at radius 3 is 2.82 bits per heavy atom. The molecule has 1 saturated heterocycles. The number of hydrogen-bond acceptors (Lipinski definition) is 3. The molecule has 0 saturated carbocycles. The van der Waals surface area contributed by atoms with E-state index in [1.807, 2.05) is 31.2 Å². The van der Waals surface area contributed by atoms with Gasteiger partial charge in [-0.25, -0.2) is 0 Å². The number of benzene rings is 1. The predicted octanol–water partition coefficient (Wildman–Crippen LogP) is 2.48. The minimum Gasteiger partial charge on any atom is -0.494 e. The first kappa shape index (κ1) is 16.3. The Labute approximate surface area is 130 Å². The zero-order valence-electron chi connectivity index (χ0n) is 13.2. The molecule has 1 heterocycles. The van der Waals surface area contributed by atoms with Crippen molar-refractivity contribution < 1.29 is 19.4 Å². The van der Waals surface area contributed by atoms with Crippen LogP contribution in [0.5, 0.6) is 5.75 Å². The normalized spacial score (nSPS) is 20.9. The van der Waals surface area contributed by atoms with Gasteiger partial charge in [-0.1, -0.05) is 12.1 Å². The van der Waals surface area contributed by atoms with Gasteiger partial charge in [0.1, 0.15) is 5.75 Å². The van der Waals surface area contributed by atoms with E-state index in [0.717, 1.165) is 11.3 Å². The Morgan fingerprint density at radius 2 is 2.18 bits per heavy atom. The molecule has 1 amide bonds. The van der Waals surface area contributed by atoms with Gasteiger partial charge in [-0.3, -0.25) is 9.59 Å². The van der Waals surface area contributed by atoms with Crippen molar-refractivity contribution in [1.82, 2.24) is 4.90 Å². The van der Waals surface area contributed by atoms with Gasteiger partial charge in [0.15, 0.2) is 0 Å². The molecule has 5 heteroatoms. The molecule has 0 aliphatic carbocycles. The first-order valence-corrected chi connectivity index (χ1v) is 7.61. The molecular weight excluding hydrogens is 282 g/mol. The molecule has 1 N–H and O–H groups in total. The van der Waals surface area contributed by atoms with Crippen LogP contribution >= 0.6 is 0 Å². The molecule has 1 aliphatic rings. The van der Waals surface area contributed by atoms with Crippen LogP contribution in [0.4, 0.5) is 0 Å². The number of hydrogen-bond donors (Lipinski definition) is 1. The highest BCUT2D eigenvalue weighted by Crippen LogP contribution is 2.30. The van der Waals surface area contributed by atoms with Crippen molar-refractivity contribution in [1.29, 1.82) is 0 Å². The van der Waals surface area contributed by atoms with Gasteiger partial charge in [-0.15, -0.1) is 0 Å². The maximum atomic E-state index is 12.1. The number of likely N-dealkylation sites (tertiary alicyclic amines) is 1. The van der Waals surface area contributed by atoms with E-state index in [1.54, 1.807) is 11.8 Å². The lowest BCUT2D eigenvalue weighted by atomic mass is 9.90. The van der Waals surface area contributed by atoms with Crippen LogP contribution in [0.3, 0.4) is 0 Å². The topological polar surface area (TPSA) is 66.8 Å². The molecule has 5 nitrogen and oxygen atoms in total. The van der Waals surface area contributed by atoms with E-state index in [0.29, 0.717) is 39.0 Å². The fraction of sp³-hybridized carbons (Fsp3) is 0.529. The van der Waals surface area contributed by atoms with Crippen molar-refractivity contribution >= 4 is 11.9 Å². The van der Waals surface area contributed by atoms with Crippen molar-refractivity contribution in [2.75, 3.05) is 19.7 Å². The fourth-order valence-electron chi connectivity index (χ4n) is 2.63. The number of amides is 1. The number of carbonyl (C=O) groups is 2. The maximum absolute atomic E-state index is 12.1. The molecule has 120 valence electrons. The van der Waals surface area contributed by atoms with E-state index in [9.17, 15) is 14.7 Å². The first-order valence-electron chi connectivity index (χ1n) is 7.61. The summed E-state index contributed by atoms with van der Waals surface area (Å²) in [7, 11) is 0. The lowest BCUT2D eigenvalue weighted by Crippen LogP contribution is -2.34. The van der Waals surface area contributed by atoms with E-state index in [1.165, 1.54) is 0 Å². The number of rotatable bonds is 6. The van der Waals surface area contributed by atoms with Gasteiger partial charge in [-0.2, -0.15) is 0 Å². The van der Waals surface area contributed by atoms with Crippen LogP contribution in [-0.2, 0) is 9.59 Å². The van der Waals surface area contributed by atoms with Crippen molar-refractivity contribution in [3.63, 3.8) is 0 Å². The minimum atomic E-state index is -0.828. The molecule has 1 unspecified atom stereocenters. The molecule has 1 aromatic carbocycles. The Kier molecular flexibility index (Phi) is 5.06. The molecule has 0 aromatic heterocycles. The van der Waals surface area contributed by atoms with Crippen molar-refractivity contribution in [3.05, 3.63) is 29.8 Å². The van der Waals surface area contributed by atoms with E-state index in [2.05, 4.69) is 0 Å². The third-order valence-electron chi connectivity index (χ3n) is 4.14. The molecule has 1 aromatic rings. The standard InChI is InChI=1S/C17H23NO4/c1-13-5-3-6-14(11-13)22-10-4-7-15(19)18-9-8-17(2,12-18)16(20)21/h3,5-6,11H,4,7-10,12H2,1-2H3,(H,20,21). The molecule has 0 spiro atoms. The van der Waals surface area contributed by atoms with Gasteiger partial charge >= 0.3 is 5.97 Å². The summed E-state index contributed by atoms with van der Waals surface area (Å²) in [4.78, 5) is 24.9. The van der Waals surface area contributed by atoms with E-state index < -0.39 is 11.4 Å². The molecule has 2 rings (SSSR count). The van der Waals surface area contributed by atoms with Crippen LogP contribution in [0.15, 0.2) is 24.3 Å². The Balaban J connectivity index is 1.71. The van der Waals surface area contributed by atoms with Gasteiger partial charge in [-0.05, 0) is 44.4 Å². The molecule has 22 heavy (non-hydrogen) atoms. The second-order valence-electron chi connectivity index (χ2n) is 6.20. The average Bonchev–Trinajstić information content (AvgIpc) is 2.88. The molecular formula is C17H23NO4. The first-order chi connectivity index (χ1) is 10.4. The van der Waals surface area contributed by atoms with Crippen LogP contribution in [0.2, 0.25) is 0 Å². The van der Waals surface area contributed by atoms with Gasteiger partial charge < -0.3 is 14.7 Å². The second-order valence-corrected chi connectivity index (χ2v) is 6.20. The van der Waals surface area contributed by atoms with Gasteiger partial charge in [0.05, 0.1) is 12.0 Å². The third kappa shape index (κ3) is 4.00. The van der Waals surface area contributed by atoms with Crippen LogP contribution in [-0.4, -0.2) is 41.6 Å². The summed E-state index contributed by atoms with van der Waals surface area (Å²) in [5.41, 5.74) is 0.340. The molecule has 1 aliphatic heterocycles. The monoisotopic (exact) mass is 305 g/mol. The zero-order valence-corrected chi connectivity index (χ0v) is 13.2. The summed E-state index contributed by atoms with van der Waals surface area (Å²) in [6.45, 7) is 5.02. The quantitative estimate of drug-likeness (QED) is 0.820. The smallest absolute Gasteiger partial charge is 0.311 e. The molecule has 0 bridgehead atoms. The number of aliphatic carboxylic acids is 1. The predicted molar refractivity (Wildman–Crippen MR) is 82.8 cm³/mol. The van der Waals surface area contributed by atoms with Crippen LogP contribution in [0.25, 0.3) is 0 Å².